The second-order valence-corrected chi connectivity index (χ2v) is 7.44. The molecule has 0 bridgehead atoms. The molecular weight excluding hydrogens is 402 g/mol. The minimum absolute atomic E-state index is 0.301. The number of methoxy groups -OCH3 is 1. The molecule has 0 unspecified atom stereocenters. The molecule has 32 heavy (non-hydrogen) atoms. The fourth-order valence-corrected chi connectivity index (χ4v) is 3.43. The molecule has 7 nitrogen and oxygen atoms in total. The van der Waals surface area contributed by atoms with E-state index in [1.807, 2.05) is 49.6 Å². The van der Waals surface area contributed by atoms with Gasteiger partial charge in [0.05, 0.1) is 24.0 Å². The van der Waals surface area contributed by atoms with E-state index >= 15 is 0 Å². The van der Waals surface area contributed by atoms with Gasteiger partial charge in [-0.25, -0.2) is 9.97 Å². The Labute approximate surface area is 186 Å². The van der Waals surface area contributed by atoms with Gasteiger partial charge in [-0.1, -0.05) is 43.5 Å². The Hall–Kier alpha value is -4.26. The smallest absolute Gasteiger partial charge is 0.255 e. The molecule has 0 atom stereocenters. The summed E-state index contributed by atoms with van der Waals surface area (Å²) in [5.74, 6) is 0.138. The van der Waals surface area contributed by atoms with Gasteiger partial charge in [0.25, 0.3) is 5.91 Å². The van der Waals surface area contributed by atoms with Crippen molar-refractivity contribution in [2.45, 2.75) is 6.92 Å². The molecule has 160 valence electrons. The van der Waals surface area contributed by atoms with Gasteiger partial charge in [0.15, 0.2) is 0 Å². The lowest BCUT2D eigenvalue weighted by Gasteiger charge is -2.14. The summed E-state index contributed by atoms with van der Waals surface area (Å²) in [5, 5.41) is 8.27. The summed E-state index contributed by atoms with van der Waals surface area (Å²) in [6.45, 7) is 9.31. The summed E-state index contributed by atoms with van der Waals surface area (Å²) in [6, 6.07) is 13.5. The molecule has 0 aliphatic carbocycles. The maximum atomic E-state index is 12.6. The number of benzene rings is 2. The third-order valence-corrected chi connectivity index (χ3v) is 5.13. The first-order valence-electron chi connectivity index (χ1n) is 9.97. The van der Waals surface area contributed by atoms with Gasteiger partial charge in [-0.2, -0.15) is 5.10 Å². The number of fused-ring (bicyclic) bond motifs is 1. The molecule has 2 aromatic heterocycles. The zero-order valence-electron chi connectivity index (χ0n) is 18.2. The van der Waals surface area contributed by atoms with Crippen LogP contribution in [-0.2, 0) is 11.8 Å². The van der Waals surface area contributed by atoms with Crippen molar-refractivity contribution in [3.05, 3.63) is 79.3 Å². The van der Waals surface area contributed by atoms with Gasteiger partial charge < -0.3 is 10.1 Å². The molecule has 1 amide bonds. The van der Waals surface area contributed by atoms with E-state index in [4.69, 9.17) is 4.74 Å². The van der Waals surface area contributed by atoms with Crippen LogP contribution in [0.25, 0.3) is 33.4 Å². The number of anilines is 1. The molecule has 2 heterocycles. The summed E-state index contributed by atoms with van der Waals surface area (Å²) < 4.78 is 7.25. The molecule has 2 aromatic carbocycles. The first-order valence-corrected chi connectivity index (χ1v) is 9.97. The highest BCUT2D eigenvalue weighted by Gasteiger charge is 2.19. The molecule has 0 fully saturated rings. The van der Waals surface area contributed by atoms with E-state index in [1.54, 1.807) is 24.8 Å². The molecule has 0 saturated carbocycles. The average molecular weight is 425 g/mol. The number of amides is 1. The minimum Gasteiger partial charge on any atom is -0.494 e. The van der Waals surface area contributed by atoms with Crippen LogP contribution in [0.2, 0.25) is 0 Å². The number of nitrogens with one attached hydrogen (secondary N) is 1. The van der Waals surface area contributed by atoms with Gasteiger partial charge in [0.1, 0.15) is 17.8 Å². The number of carbonyl (C=O) groups excluding carboxylic acids is 1. The van der Waals surface area contributed by atoms with Crippen LogP contribution in [0.3, 0.4) is 0 Å². The van der Waals surface area contributed by atoms with Crippen LogP contribution in [0.5, 0.6) is 5.75 Å². The number of hydrogen-bond acceptors (Lipinski definition) is 5. The zero-order chi connectivity index (χ0) is 22.8. The van der Waals surface area contributed by atoms with Crippen molar-refractivity contribution < 1.29 is 9.53 Å². The van der Waals surface area contributed by atoms with Gasteiger partial charge in [-0.3, -0.25) is 9.48 Å². The van der Waals surface area contributed by atoms with E-state index in [0.717, 1.165) is 22.2 Å². The number of carbonyl (C=O) groups is 1. The quantitative estimate of drug-likeness (QED) is 0.355. The number of hydrogen-bond donors (Lipinski definition) is 1. The van der Waals surface area contributed by atoms with E-state index in [2.05, 4.69) is 33.5 Å². The summed E-state index contributed by atoms with van der Waals surface area (Å²) in [4.78, 5) is 21.6. The maximum Gasteiger partial charge on any atom is 0.255 e. The number of rotatable bonds is 6. The standard InChI is InChI=1S/C25H23N5O2/c1-15(2)16(3)25(31)28-21-11-18-20(12-22(21)32-5)26-14-27-24(18)19-13-30(4)29-23(19)17-9-7-6-8-10-17/h6-14H,1,3H2,2,4-5H3,(H,28,31). The molecule has 4 aromatic rings. The Balaban J connectivity index is 1.89. The summed E-state index contributed by atoms with van der Waals surface area (Å²) in [6.07, 6.45) is 3.44. The van der Waals surface area contributed by atoms with Crippen molar-refractivity contribution in [2.24, 2.45) is 7.05 Å². The maximum absolute atomic E-state index is 12.6. The van der Waals surface area contributed by atoms with Crippen LogP contribution in [0.1, 0.15) is 6.92 Å². The van der Waals surface area contributed by atoms with Crippen LogP contribution in [0, 0.1) is 0 Å². The lowest BCUT2D eigenvalue weighted by atomic mass is 10.0. The molecular formula is C25H23N5O2. The highest BCUT2D eigenvalue weighted by Crippen LogP contribution is 2.37. The summed E-state index contributed by atoms with van der Waals surface area (Å²) in [7, 11) is 3.42. The van der Waals surface area contributed by atoms with Crippen LogP contribution in [-0.4, -0.2) is 32.8 Å². The van der Waals surface area contributed by atoms with Gasteiger partial charge in [-0.05, 0) is 18.6 Å². The van der Waals surface area contributed by atoms with Crippen LogP contribution in [0.4, 0.5) is 5.69 Å². The molecule has 0 radical (unpaired) electrons. The lowest BCUT2D eigenvalue weighted by molar-refractivity contribution is -0.112. The molecule has 7 heteroatoms. The number of aryl methyl sites for hydroxylation is 1. The topological polar surface area (TPSA) is 81.9 Å². The number of aromatic nitrogens is 4. The fourth-order valence-electron chi connectivity index (χ4n) is 3.43. The highest BCUT2D eigenvalue weighted by molar-refractivity contribution is 6.08. The molecule has 0 spiro atoms. The minimum atomic E-state index is -0.347. The monoisotopic (exact) mass is 425 g/mol. The van der Waals surface area contributed by atoms with E-state index in [9.17, 15) is 4.79 Å². The van der Waals surface area contributed by atoms with E-state index in [1.165, 1.54) is 6.33 Å². The van der Waals surface area contributed by atoms with Gasteiger partial charge in [0, 0.05) is 41.4 Å². The molecule has 0 saturated heterocycles. The summed E-state index contributed by atoms with van der Waals surface area (Å²) >= 11 is 0. The van der Waals surface area contributed by atoms with Gasteiger partial charge >= 0.3 is 0 Å². The van der Waals surface area contributed by atoms with Gasteiger partial charge in [-0.15, -0.1) is 0 Å². The Bertz CT molecular complexity index is 1360. The van der Waals surface area contributed by atoms with Crippen LogP contribution < -0.4 is 10.1 Å². The van der Waals surface area contributed by atoms with Gasteiger partial charge in [0.2, 0.25) is 0 Å². The first-order chi connectivity index (χ1) is 15.4. The van der Waals surface area contributed by atoms with Crippen molar-refractivity contribution >= 4 is 22.5 Å². The Kier molecular flexibility index (Phi) is 5.55. The van der Waals surface area contributed by atoms with Crippen LogP contribution >= 0.6 is 0 Å². The van der Waals surface area contributed by atoms with Crippen molar-refractivity contribution in [2.75, 3.05) is 12.4 Å². The van der Waals surface area contributed by atoms with Crippen molar-refractivity contribution in [3.63, 3.8) is 0 Å². The average Bonchev–Trinajstić information content (AvgIpc) is 3.19. The normalized spacial score (nSPS) is 10.7. The first kappa shape index (κ1) is 21.0. The molecule has 4 rings (SSSR count). The van der Waals surface area contributed by atoms with Crippen molar-refractivity contribution in [3.8, 4) is 28.3 Å². The van der Waals surface area contributed by atoms with E-state index in [0.29, 0.717) is 33.8 Å². The fraction of sp³-hybridized carbons (Fsp3) is 0.120. The Morgan fingerprint density at radius 3 is 2.53 bits per heavy atom. The largest absolute Gasteiger partial charge is 0.494 e. The van der Waals surface area contributed by atoms with E-state index < -0.39 is 0 Å². The van der Waals surface area contributed by atoms with E-state index in [-0.39, 0.29) is 5.91 Å². The summed E-state index contributed by atoms with van der Waals surface area (Å²) in [5.41, 5.74) is 5.43. The third-order valence-electron chi connectivity index (χ3n) is 5.13. The predicted octanol–water partition coefficient (Wildman–Crippen LogP) is 4.78. The zero-order valence-corrected chi connectivity index (χ0v) is 18.2. The van der Waals surface area contributed by atoms with Crippen molar-refractivity contribution in [1.82, 2.24) is 19.7 Å². The SMILES string of the molecule is C=C(C)C(=C)C(=O)Nc1cc2c(-c3cn(C)nc3-c3ccccc3)ncnc2cc1OC. The van der Waals surface area contributed by atoms with Crippen LogP contribution in [0.15, 0.2) is 79.3 Å². The number of nitrogens with zero attached hydrogens (tertiary/aromatic N) is 4. The predicted molar refractivity (Wildman–Crippen MR) is 126 cm³/mol. The lowest BCUT2D eigenvalue weighted by Crippen LogP contribution is -2.15. The molecule has 0 aliphatic heterocycles. The highest BCUT2D eigenvalue weighted by atomic mass is 16.5. The second kappa shape index (κ2) is 8.47. The Morgan fingerprint density at radius 1 is 1.09 bits per heavy atom. The molecule has 1 N–H and O–H groups in total. The number of ether oxygens (including phenoxy) is 1. The van der Waals surface area contributed by atoms with Crippen molar-refractivity contribution in [1.29, 1.82) is 0 Å². The third kappa shape index (κ3) is 3.88. The second-order valence-electron chi connectivity index (χ2n) is 7.44. The Morgan fingerprint density at radius 2 is 1.84 bits per heavy atom. The molecule has 0 aliphatic rings.